The lowest BCUT2D eigenvalue weighted by Crippen LogP contribution is -2.05. The van der Waals surface area contributed by atoms with Gasteiger partial charge in [-0.2, -0.15) is 0 Å². The van der Waals surface area contributed by atoms with E-state index in [-0.39, 0.29) is 6.79 Å². The van der Waals surface area contributed by atoms with Crippen molar-refractivity contribution in [1.82, 2.24) is 0 Å². The maximum absolute atomic E-state index is 10.9. The van der Waals surface area contributed by atoms with Crippen LogP contribution in [0.4, 0.5) is 0 Å². The minimum atomic E-state index is -0.991. The predicted molar refractivity (Wildman–Crippen MR) is 89.1 cm³/mol. The molecule has 0 radical (unpaired) electrons. The monoisotopic (exact) mass is 316 g/mol. The molecule has 2 rings (SSSR count). The van der Waals surface area contributed by atoms with Gasteiger partial charge in [0.05, 0.1) is 7.11 Å². The Hall–Kier alpha value is -2.53. The van der Waals surface area contributed by atoms with E-state index in [4.69, 9.17) is 19.3 Å². The molecule has 0 fully saturated rings. The molecule has 0 aromatic heterocycles. The SMILES string of the molecule is CCc1c(OC)c(OCOC)c2ccccc2c1/C=C/C(=O)O. The fraction of sp³-hybridized carbons (Fsp3) is 0.278. The van der Waals surface area contributed by atoms with Crippen LogP contribution in [-0.2, 0) is 16.0 Å². The van der Waals surface area contributed by atoms with Gasteiger partial charge in [-0.1, -0.05) is 31.2 Å². The first-order valence-corrected chi connectivity index (χ1v) is 7.28. The Morgan fingerprint density at radius 2 is 1.87 bits per heavy atom. The summed E-state index contributed by atoms with van der Waals surface area (Å²) < 4.78 is 16.3. The quantitative estimate of drug-likeness (QED) is 0.625. The Kier molecular flexibility index (Phi) is 5.60. The third kappa shape index (κ3) is 3.46. The largest absolute Gasteiger partial charge is 0.493 e. The fourth-order valence-corrected chi connectivity index (χ4v) is 2.63. The highest BCUT2D eigenvalue weighted by molar-refractivity contribution is 6.00. The van der Waals surface area contributed by atoms with Crippen LogP contribution in [-0.4, -0.2) is 32.1 Å². The van der Waals surface area contributed by atoms with E-state index in [0.29, 0.717) is 17.9 Å². The Bertz CT molecular complexity index is 734. The normalized spacial score (nSPS) is 11.1. The average Bonchev–Trinajstić information content (AvgIpc) is 2.56. The molecule has 0 unspecified atom stereocenters. The highest BCUT2D eigenvalue weighted by atomic mass is 16.7. The number of methoxy groups -OCH3 is 2. The Morgan fingerprint density at radius 3 is 2.43 bits per heavy atom. The zero-order valence-corrected chi connectivity index (χ0v) is 13.5. The average molecular weight is 316 g/mol. The van der Waals surface area contributed by atoms with Crippen LogP contribution in [0.2, 0.25) is 0 Å². The van der Waals surface area contributed by atoms with Crippen molar-refractivity contribution in [2.45, 2.75) is 13.3 Å². The van der Waals surface area contributed by atoms with Crippen LogP contribution in [0.1, 0.15) is 18.1 Å². The summed E-state index contributed by atoms with van der Waals surface area (Å²) in [6.45, 7) is 2.10. The number of benzene rings is 2. The standard InChI is InChI=1S/C18H20O5/c1-4-12-14(9-10-16(19)20)13-7-5-6-8-15(13)18(17(12)22-3)23-11-21-2/h5-10H,4,11H2,1-3H3,(H,19,20)/b10-9+. The number of hydrogen-bond acceptors (Lipinski definition) is 4. The second kappa shape index (κ2) is 7.65. The van der Waals surface area contributed by atoms with Crippen LogP contribution >= 0.6 is 0 Å². The van der Waals surface area contributed by atoms with Crippen molar-refractivity contribution in [3.63, 3.8) is 0 Å². The third-order valence-electron chi connectivity index (χ3n) is 3.54. The number of fused-ring (bicyclic) bond motifs is 1. The predicted octanol–water partition coefficient (Wildman–Crippen LogP) is 3.49. The Morgan fingerprint density at radius 1 is 1.17 bits per heavy atom. The first-order chi connectivity index (χ1) is 11.1. The Labute approximate surface area is 135 Å². The highest BCUT2D eigenvalue weighted by Crippen LogP contribution is 2.42. The molecule has 23 heavy (non-hydrogen) atoms. The number of carbonyl (C=O) groups is 1. The summed E-state index contributed by atoms with van der Waals surface area (Å²) in [6, 6.07) is 7.67. The van der Waals surface area contributed by atoms with Gasteiger partial charge in [0.2, 0.25) is 0 Å². The molecule has 0 saturated heterocycles. The van der Waals surface area contributed by atoms with E-state index in [1.165, 1.54) is 0 Å². The molecule has 5 nitrogen and oxygen atoms in total. The van der Waals surface area contributed by atoms with Crippen molar-refractivity contribution < 1.29 is 24.1 Å². The van der Waals surface area contributed by atoms with Gasteiger partial charge in [0, 0.05) is 24.1 Å². The van der Waals surface area contributed by atoms with Crippen molar-refractivity contribution in [3.8, 4) is 11.5 Å². The van der Waals surface area contributed by atoms with Gasteiger partial charge in [-0.25, -0.2) is 4.79 Å². The second-order valence-corrected chi connectivity index (χ2v) is 4.88. The Balaban J connectivity index is 2.81. The van der Waals surface area contributed by atoms with Crippen molar-refractivity contribution in [2.24, 2.45) is 0 Å². The van der Waals surface area contributed by atoms with E-state index in [1.54, 1.807) is 20.3 Å². The van der Waals surface area contributed by atoms with Crippen LogP contribution in [0, 0.1) is 0 Å². The van der Waals surface area contributed by atoms with Crippen LogP contribution in [0.3, 0.4) is 0 Å². The molecule has 5 heteroatoms. The van der Waals surface area contributed by atoms with Crippen molar-refractivity contribution in [1.29, 1.82) is 0 Å². The van der Waals surface area contributed by atoms with Gasteiger partial charge in [0.25, 0.3) is 0 Å². The third-order valence-corrected chi connectivity index (χ3v) is 3.54. The van der Waals surface area contributed by atoms with Gasteiger partial charge in [-0.15, -0.1) is 0 Å². The number of carboxylic acids is 1. The van der Waals surface area contributed by atoms with Gasteiger partial charge in [-0.05, 0) is 23.4 Å². The molecule has 0 bridgehead atoms. The number of hydrogen-bond donors (Lipinski definition) is 1. The molecule has 0 amide bonds. The summed E-state index contributed by atoms with van der Waals surface area (Å²) in [6.07, 6.45) is 3.42. The maximum atomic E-state index is 10.9. The number of carboxylic acid groups (broad SMARTS) is 1. The van der Waals surface area contributed by atoms with E-state index in [9.17, 15) is 4.79 Å². The molecular weight excluding hydrogens is 296 g/mol. The highest BCUT2D eigenvalue weighted by Gasteiger charge is 2.19. The smallest absolute Gasteiger partial charge is 0.328 e. The minimum Gasteiger partial charge on any atom is -0.493 e. The van der Waals surface area contributed by atoms with E-state index in [0.717, 1.165) is 28.0 Å². The van der Waals surface area contributed by atoms with Crippen molar-refractivity contribution in [3.05, 3.63) is 41.5 Å². The van der Waals surface area contributed by atoms with Crippen molar-refractivity contribution >= 4 is 22.8 Å². The van der Waals surface area contributed by atoms with Gasteiger partial charge in [-0.3, -0.25) is 0 Å². The molecule has 0 spiro atoms. The van der Waals surface area contributed by atoms with Gasteiger partial charge >= 0.3 is 5.97 Å². The van der Waals surface area contributed by atoms with E-state index >= 15 is 0 Å². The lowest BCUT2D eigenvalue weighted by molar-refractivity contribution is -0.131. The number of ether oxygens (including phenoxy) is 3. The molecule has 0 saturated carbocycles. The first-order valence-electron chi connectivity index (χ1n) is 7.28. The summed E-state index contributed by atoms with van der Waals surface area (Å²) in [5, 5.41) is 10.7. The molecule has 0 heterocycles. The first kappa shape index (κ1) is 16.8. The summed E-state index contributed by atoms with van der Waals surface area (Å²) >= 11 is 0. The van der Waals surface area contributed by atoms with Crippen LogP contribution < -0.4 is 9.47 Å². The second-order valence-electron chi connectivity index (χ2n) is 4.88. The molecule has 2 aromatic rings. The van der Waals surface area contributed by atoms with Gasteiger partial charge < -0.3 is 19.3 Å². The molecule has 1 N–H and O–H groups in total. The molecule has 0 atom stereocenters. The number of aliphatic carboxylic acids is 1. The molecular formula is C18H20O5. The molecule has 2 aromatic carbocycles. The fourth-order valence-electron chi connectivity index (χ4n) is 2.63. The topological polar surface area (TPSA) is 65.0 Å². The van der Waals surface area contributed by atoms with Crippen LogP contribution in [0.5, 0.6) is 11.5 Å². The summed E-state index contributed by atoms with van der Waals surface area (Å²) in [4.78, 5) is 10.9. The zero-order valence-electron chi connectivity index (χ0n) is 13.5. The summed E-state index contributed by atoms with van der Waals surface area (Å²) in [7, 11) is 3.13. The van der Waals surface area contributed by atoms with E-state index in [2.05, 4.69) is 0 Å². The van der Waals surface area contributed by atoms with Crippen LogP contribution in [0.25, 0.3) is 16.8 Å². The molecule has 0 aliphatic heterocycles. The summed E-state index contributed by atoms with van der Waals surface area (Å²) in [5.74, 6) is 0.220. The van der Waals surface area contributed by atoms with Crippen LogP contribution in [0.15, 0.2) is 30.3 Å². The molecule has 0 aliphatic carbocycles. The van der Waals surface area contributed by atoms with Gasteiger partial charge in [0.1, 0.15) is 0 Å². The number of rotatable bonds is 7. The zero-order chi connectivity index (χ0) is 16.8. The maximum Gasteiger partial charge on any atom is 0.328 e. The van der Waals surface area contributed by atoms with Gasteiger partial charge in [0.15, 0.2) is 18.3 Å². The van der Waals surface area contributed by atoms with Crippen molar-refractivity contribution in [2.75, 3.05) is 21.0 Å². The molecule has 122 valence electrons. The minimum absolute atomic E-state index is 0.105. The summed E-state index contributed by atoms with van der Waals surface area (Å²) in [5.41, 5.74) is 1.72. The molecule has 0 aliphatic rings. The van der Waals surface area contributed by atoms with E-state index in [1.807, 2.05) is 31.2 Å². The lowest BCUT2D eigenvalue weighted by Gasteiger charge is -2.19. The van der Waals surface area contributed by atoms with E-state index < -0.39 is 5.97 Å². The lowest BCUT2D eigenvalue weighted by atomic mass is 9.95.